The van der Waals surface area contributed by atoms with Gasteiger partial charge in [-0.1, -0.05) is 48.5 Å². The second kappa shape index (κ2) is 13.1. The largest absolute Gasteiger partial charge is 0.485 e. The first-order valence-electron chi connectivity index (χ1n) is 13.0. The number of rotatable bonds is 6. The minimum Gasteiger partial charge on any atom is -0.485 e. The van der Waals surface area contributed by atoms with Crippen LogP contribution in [0.2, 0.25) is 0 Å². The van der Waals surface area contributed by atoms with Crippen molar-refractivity contribution in [3.63, 3.8) is 0 Å². The number of amides is 6. The van der Waals surface area contributed by atoms with Crippen LogP contribution in [0.1, 0.15) is 11.1 Å². The van der Waals surface area contributed by atoms with Crippen molar-refractivity contribution in [2.45, 2.75) is 25.3 Å². The summed E-state index contributed by atoms with van der Waals surface area (Å²) in [7, 11) is 0. The summed E-state index contributed by atoms with van der Waals surface area (Å²) < 4.78 is 22.2. The molecule has 0 fully saturated rings. The Balaban J connectivity index is 0.988. The van der Waals surface area contributed by atoms with Crippen LogP contribution in [-0.4, -0.2) is 49.3 Å². The third kappa shape index (κ3) is 7.29. The van der Waals surface area contributed by atoms with Crippen molar-refractivity contribution in [3.05, 3.63) is 83.9 Å². The number of benzene rings is 3. The maximum Gasteiger partial charge on any atom is 0.333 e. The van der Waals surface area contributed by atoms with Crippen LogP contribution in [0.5, 0.6) is 23.0 Å². The monoisotopic (exact) mass is 576 g/mol. The maximum atomic E-state index is 12.3. The van der Waals surface area contributed by atoms with E-state index in [1.165, 1.54) is 0 Å². The second-order valence-electron chi connectivity index (χ2n) is 9.14. The molecule has 6 N–H and O–H groups in total. The molecule has 5 rings (SSSR count). The lowest BCUT2D eigenvalue weighted by molar-refractivity contribution is -0.131. The number of hydrogen-bond donors (Lipinski definition) is 6. The Morgan fingerprint density at radius 1 is 0.571 bits per heavy atom. The lowest BCUT2D eigenvalue weighted by Gasteiger charge is -2.25. The fraction of sp³-hybridized carbons (Fsp3) is 0.214. The molecule has 2 atom stereocenters. The van der Waals surface area contributed by atoms with Crippen LogP contribution in [0.15, 0.2) is 72.8 Å². The Hall–Kier alpha value is -5.66. The second-order valence-corrected chi connectivity index (χ2v) is 9.14. The maximum absolute atomic E-state index is 12.3. The van der Waals surface area contributed by atoms with E-state index in [4.69, 9.17) is 18.9 Å². The summed E-state index contributed by atoms with van der Waals surface area (Å²) in [4.78, 5) is 49.0. The molecular formula is C28H28N6O8. The summed E-state index contributed by atoms with van der Waals surface area (Å²) in [5, 5.41) is 5.26. The van der Waals surface area contributed by atoms with Crippen LogP contribution in [0, 0.1) is 0 Å². The molecule has 0 unspecified atom stereocenters. The Morgan fingerprint density at radius 2 is 1.00 bits per heavy atom. The van der Waals surface area contributed by atoms with Gasteiger partial charge in [-0.15, -0.1) is 0 Å². The summed E-state index contributed by atoms with van der Waals surface area (Å²) in [5.41, 5.74) is 10.7. The number of fused-ring (bicyclic) bond motifs is 2. The van der Waals surface area contributed by atoms with Crippen molar-refractivity contribution < 1.29 is 38.1 Å². The Labute approximate surface area is 240 Å². The van der Waals surface area contributed by atoms with E-state index in [0.717, 1.165) is 11.1 Å². The van der Waals surface area contributed by atoms with E-state index >= 15 is 0 Å². The SMILES string of the molecule is O=C(NCc1cccc(CNC(=O)NNC(=O)[C@@H]2COc3ccccc3O2)c1)NNC(=O)[C@@H]1COc2ccccc2O1. The molecule has 3 aromatic rings. The normalized spacial score (nSPS) is 16.3. The predicted molar refractivity (Wildman–Crippen MR) is 146 cm³/mol. The third-order valence-electron chi connectivity index (χ3n) is 6.10. The van der Waals surface area contributed by atoms with Gasteiger partial charge in [-0.3, -0.25) is 20.4 Å². The molecule has 14 nitrogen and oxygen atoms in total. The molecule has 0 saturated heterocycles. The van der Waals surface area contributed by atoms with Crippen LogP contribution in [0.3, 0.4) is 0 Å². The zero-order valence-electron chi connectivity index (χ0n) is 22.2. The number of hydrazine groups is 2. The van der Waals surface area contributed by atoms with Gasteiger partial charge in [-0.25, -0.2) is 20.4 Å². The van der Waals surface area contributed by atoms with Crippen LogP contribution in [0.4, 0.5) is 9.59 Å². The molecule has 2 aliphatic rings. The van der Waals surface area contributed by atoms with E-state index in [9.17, 15) is 19.2 Å². The number of urea groups is 2. The first-order valence-corrected chi connectivity index (χ1v) is 13.0. The fourth-order valence-electron chi connectivity index (χ4n) is 4.00. The van der Waals surface area contributed by atoms with Gasteiger partial charge in [0, 0.05) is 13.1 Å². The van der Waals surface area contributed by atoms with E-state index in [-0.39, 0.29) is 26.3 Å². The first kappa shape index (κ1) is 27.9. The number of carbonyl (C=O) groups excluding carboxylic acids is 4. The van der Waals surface area contributed by atoms with Gasteiger partial charge in [0.1, 0.15) is 13.2 Å². The summed E-state index contributed by atoms with van der Waals surface area (Å²) >= 11 is 0. The molecule has 42 heavy (non-hydrogen) atoms. The van der Waals surface area contributed by atoms with E-state index < -0.39 is 36.1 Å². The molecule has 2 aliphatic heterocycles. The zero-order valence-corrected chi connectivity index (χ0v) is 22.2. The van der Waals surface area contributed by atoms with Crippen molar-refractivity contribution in [3.8, 4) is 23.0 Å². The molecular weight excluding hydrogens is 548 g/mol. The molecule has 0 saturated carbocycles. The van der Waals surface area contributed by atoms with Crippen LogP contribution >= 0.6 is 0 Å². The van der Waals surface area contributed by atoms with Crippen molar-refractivity contribution in [1.29, 1.82) is 0 Å². The van der Waals surface area contributed by atoms with Gasteiger partial charge in [0.2, 0.25) is 12.2 Å². The summed E-state index contributed by atoms with van der Waals surface area (Å²) in [5.74, 6) is 0.855. The molecule has 0 bridgehead atoms. The third-order valence-corrected chi connectivity index (χ3v) is 6.10. The van der Waals surface area contributed by atoms with Gasteiger partial charge in [0.05, 0.1) is 0 Å². The standard InChI is InChI=1S/C28H28N6O8/c35-25(23-15-39-19-8-1-3-10-21(19)41-23)31-33-27(37)29-13-17-6-5-7-18(12-17)14-30-28(38)34-32-26(36)24-16-40-20-9-2-4-11-22(20)42-24/h1-12,23-24H,13-16H2,(H,31,35)(H,32,36)(H2,29,33,37)(H2,30,34,38)/t23-,24-/m0/s1. The lowest BCUT2D eigenvalue weighted by Crippen LogP contribution is -2.53. The number of nitrogens with one attached hydrogen (secondary N) is 6. The number of para-hydroxylation sites is 4. The van der Waals surface area contributed by atoms with Crippen LogP contribution in [0.25, 0.3) is 0 Å². The van der Waals surface area contributed by atoms with Gasteiger partial charge in [0.15, 0.2) is 23.0 Å². The lowest BCUT2D eigenvalue weighted by atomic mass is 10.1. The van der Waals surface area contributed by atoms with Crippen LogP contribution in [-0.2, 0) is 22.7 Å². The van der Waals surface area contributed by atoms with Crippen molar-refractivity contribution in [1.82, 2.24) is 32.3 Å². The topological polar surface area (TPSA) is 177 Å². The van der Waals surface area contributed by atoms with Crippen molar-refractivity contribution in [2.24, 2.45) is 0 Å². The number of ether oxygens (including phenoxy) is 4. The molecule has 0 aliphatic carbocycles. The van der Waals surface area contributed by atoms with Crippen molar-refractivity contribution in [2.75, 3.05) is 13.2 Å². The Kier molecular flexibility index (Phi) is 8.72. The molecule has 14 heteroatoms. The van der Waals surface area contributed by atoms with E-state index in [1.54, 1.807) is 72.8 Å². The first-order chi connectivity index (χ1) is 20.4. The molecule has 2 heterocycles. The molecule has 0 aromatic heterocycles. The fourth-order valence-corrected chi connectivity index (χ4v) is 4.00. The average Bonchev–Trinajstić information content (AvgIpc) is 3.03. The average molecular weight is 577 g/mol. The molecule has 3 aromatic carbocycles. The Bertz CT molecular complexity index is 1360. The van der Waals surface area contributed by atoms with E-state index in [2.05, 4.69) is 32.3 Å². The molecule has 6 amide bonds. The predicted octanol–water partition coefficient (Wildman–Crippen LogP) is 1.03. The number of carbonyl (C=O) groups is 4. The van der Waals surface area contributed by atoms with Gasteiger partial charge < -0.3 is 29.6 Å². The minimum absolute atomic E-state index is 0.0102. The van der Waals surface area contributed by atoms with Gasteiger partial charge in [-0.2, -0.15) is 0 Å². The van der Waals surface area contributed by atoms with E-state index in [1.807, 2.05) is 0 Å². The van der Waals surface area contributed by atoms with Gasteiger partial charge >= 0.3 is 12.1 Å². The zero-order chi connectivity index (χ0) is 29.3. The summed E-state index contributed by atoms with van der Waals surface area (Å²) in [6.45, 7) is 0.328. The van der Waals surface area contributed by atoms with Crippen LogP contribution < -0.4 is 51.3 Å². The summed E-state index contributed by atoms with van der Waals surface area (Å²) in [6.07, 6.45) is -1.83. The Morgan fingerprint density at radius 3 is 1.45 bits per heavy atom. The highest BCUT2D eigenvalue weighted by Crippen LogP contribution is 2.31. The summed E-state index contributed by atoms with van der Waals surface area (Å²) in [6, 6.07) is 19.8. The smallest absolute Gasteiger partial charge is 0.333 e. The highest BCUT2D eigenvalue weighted by Gasteiger charge is 2.28. The highest BCUT2D eigenvalue weighted by atomic mass is 16.6. The highest BCUT2D eigenvalue weighted by molar-refractivity contribution is 5.85. The van der Waals surface area contributed by atoms with Gasteiger partial charge in [0.25, 0.3) is 11.8 Å². The van der Waals surface area contributed by atoms with Crippen molar-refractivity contribution >= 4 is 23.9 Å². The molecule has 218 valence electrons. The minimum atomic E-state index is -0.915. The number of hydrogen-bond acceptors (Lipinski definition) is 8. The van der Waals surface area contributed by atoms with Gasteiger partial charge in [-0.05, 0) is 35.4 Å². The molecule has 0 radical (unpaired) electrons. The quantitative estimate of drug-likeness (QED) is 0.236. The van der Waals surface area contributed by atoms with E-state index in [0.29, 0.717) is 23.0 Å². The molecule has 0 spiro atoms.